The van der Waals surface area contributed by atoms with Crippen molar-refractivity contribution in [3.8, 4) is 0 Å². The number of benzene rings is 1. The quantitative estimate of drug-likeness (QED) is 0.580. The van der Waals surface area contributed by atoms with E-state index in [-0.39, 0.29) is 18.5 Å². The largest absolute Gasteiger partial charge is 0.464 e. The molecule has 3 heteroatoms. The summed E-state index contributed by atoms with van der Waals surface area (Å²) in [6.07, 6.45) is 1.03. The molecule has 0 aliphatic heterocycles. The van der Waals surface area contributed by atoms with Crippen molar-refractivity contribution < 1.29 is 9.53 Å². The van der Waals surface area contributed by atoms with Crippen molar-refractivity contribution >= 4 is 17.6 Å². The SMILES string of the molecule is CC(C)Cc1cccc([C@H](C)C(=O)OCCCl)c1. The number of carbonyl (C=O) groups is 1. The predicted octanol–water partition coefficient (Wildman–Crippen LogP) is 3.77. The fourth-order valence-electron chi connectivity index (χ4n) is 1.86. The minimum Gasteiger partial charge on any atom is -0.464 e. The molecule has 0 aliphatic rings. The van der Waals surface area contributed by atoms with Crippen molar-refractivity contribution in [1.29, 1.82) is 0 Å². The topological polar surface area (TPSA) is 26.3 Å². The highest BCUT2D eigenvalue weighted by molar-refractivity contribution is 6.18. The summed E-state index contributed by atoms with van der Waals surface area (Å²) in [5.74, 6) is 0.502. The van der Waals surface area contributed by atoms with Crippen LogP contribution in [0.15, 0.2) is 24.3 Å². The zero-order valence-electron chi connectivity index (χ0n) is 11.3. The summed E-state index contributed by atoms with van der Waals surface area (Å²) >= 11 is 5.50. The molecular weight excluding hydrogens is 248 g/mol. The molecule has 0 amide bonds. The number of halogens is 1. The standard InChI is InChI=1S/C15H21ClO2/c1-11(2)9-13-5-4-6-14(10-13)12(3)15(17)18-8-7-16/h4-6,10-12H,7-9H2,1-3H3/t12-/m0/s1. The van der Waals surface area contributed by atoms with Gasteiger partial charge in [0.2, 0.25) is 0 Å². The van der Waals surface area contributed by atoms with Crippen LogP contribution in [-0.2, 0) is 16.0 Å². The van der Waals surface area contributed by atoms with Gasteiger partial charge in [-0.05, 0) is 30.4 Å². The molecule has 100 valence electrons. The zero-order chi connectivity index (χ0) is 13.5. The average molecular weight is 269 g/mol. The second-order valence-electron chi connectivity index (χ2n) is 4.92. The molecule has 0 heterocycles. The molecular formula is C15H21ClO2. The van der Waals surface area contributed by atoms with Crippen LogP contribution in [0.2, 0.25) is 0 Å². The average Bonchev–Trinajstić information content (AvgIpc) is 2.34. The van der Waals surface area contributed by atoms with E-state index >= 15 is 0 Å². The van der Waals surface area contributed by atoms with Gasteiger partial charge in [-0.15, -0.1) is 11.6 Å². The van der Waals surface area contributed by atoms with Crippen molar-refractivity contribution in [2.75, 3.05) is 12.5 Å². The molecule has 1 aromatic rings. The molecule has 0 bridgehead atoms. The molecule has 0 N–H and O–H groups in total. The molecule has 0 spiro atoms. The minimum absolute atomic E-state index is 0.211. The fourth-order valence-corrected chi connectivity index (χ4v) is 1.94. The Labute approximate surface area is 114 Å². The Bertz CT molecular complexity index is 388. The van der Waals surface area contributed by atoms with Crippen molar-refractivity contribution in [3.05, 3.63) is 35.4 Å². The van der Waals surface area contributed by atoms with Gasteiger partial charge in [-0.3, -0.25) is 4.79 Å². The molecule has 1 rings (SSSR count). The van der Waals surface area contributed by atoms with Gasteiger partial charge in [-0.25, -0.2) is 0 Å². The Morgan fingerprint density at radius 2 is 2.06 bits per heavy atom. The summed E-state index contributed by atoms with van der Waals surface area (Å²) in [5.41, 5.74) is 2.27. The van der Waals surface area contributed by atoms with Crippen molar-refractivity contribution in [1.82, 2.24) is 0 Å². The van der Waals surface area contributed by atoms with Crippen LogP contribution < -0.4 is 0 Å². The molecule has 1 aromatic carbocycles. The van der Waals surface area contributed by atoms with Gasteiger partial charge in [0.1, 0.15) is 6.61 Å². The number of esters is 1. The van der Waals surface area contributed by atoms with Gasteiger partial charge in [0.15, 0.2) is 0 Å². The first-order valence-corrected chi connectivity index (χ1v) is 6.89. The Balaban J connectivity index is 2.73. The predicted molar refractivity (Wildman–Crippen MR) is 75.1 cm³/mol. The lowest BCUT2D eigenvalue weighted by Gasteiger charge is -2.13. The van der Waals surface area contributed by atoms with Crippen LogP contribution in [0.4, 0.5) is 0 Å². The molecule has 0 aliphatic carbocycles. The highest BCUT2D eigenvalue weighted by Gasteiger charge is 2.16. The van der Waals surface area contributed by atoms with Crippen LogP contribution in [0.25, 0.3) is 0 Å². The molecule has 0 saturated carbocycles. The highest BCUT2D eigenvalue weighted by atomic mass is 35.5. The lowest BCUT2D eigenvalue weighted by atomic mass is 9.95. The van der Waals surface area contributed by atoms with Gasteiger partial charge in [-0.2, -0.15) is 0 Å². The minimum atomic E-state index is -0.236. The Morgan fingerprint density at radius 1 is 1.33 bits per heavy atom. The van der Waals surface area contributed by atoms with E-state index < -0.39 is 0 Å². The first kappa shape index (κ1) is 15.0. The van der Waals surface area contributed by atoms with E-state index in [1.54, 1.807) is 0 Å². The summed E-state index contributed by atoms with van der Waals surface area (Å²) in [4.78, 5) is 11.8. The van der Waals surface area contributed by atoms with E-state index in [1.807, 2.05) is 19.1 Å². The lowest BCUT2D eigenvalue weighted by molar-refractivity contribution is -0.144. The highest BCUT2D eigenvalue weighted by Crippen LogP contribution is 2.19. The third-order valence-electron chi connectivity index (χ3n) is 2.77. The summed E-state index contributed by atoms with van der Waals surface area (Å²) in [6, 6.07) is 8.15. The number of carbonyl (C=O) groups excluding carboxylic acids is 1. The normalized spacial score (nSPS) is 12.5. The van der Waals surface area contributed by atoms with Crippen molar-refractivity contribution in [2.45, 2.75) is 33.1 Å². The number of hydrogen-bond donors (Lipinski definition) is 0. The van der Waals surface area contributed by atoms with Gasteiger partial charge < -0.3 is 4.74 Å². The molecule has 0 unspecified atom stereocenters. The van der Waals surface area contributed by atoms with E-state index in [2.05, 4.69) is 26.0 Å². The maximum Gasteiger partial charge on any atom is 0.313 e. The van der Waals surface area contributed by atoms with E-state index in [0.717, 1.165) is 12.0 Å². The van der Waals surface area contributed by atoms with Gasteiger partial charge in [0.05, 0.1) is 11.8 Å². The van der Waals surface area contributed by atoms with Crippen molar-refractivity contribution in [3.63, 3.8) is 0 Å². The van der Waals surface area contributed by atoms with Crippen LogP contribution in [0.3, 0.4) is 0 Å². The Kier molecular flexibility index (Phi) is 6.20. The summed E-state index contributed by atoms with van der Waals surface area (Å²) in [5, 5.41) is 0. The maximum atomic E-state index is 11.8. The summed E-state index contributed by atoms with van der Waals surface area (Å²) < 4.78 is 5.06. The molecule has 0 saturated heterocycles. The van der Waals surface area contributed by atoms with Crippen molar-refractivity contribution in [2.24, 2.45) is 5.92 Å². The second kappa shape index (κ2) is 7.42. The monoisotopic (exact) mass is 268 g/mol. The fraction of sp³-hybridized carbons (Fsp3) is 0.533. The molecule has 0 radical (unpaired) electrons. The van der Waals surface area contributed by atoms with Gasteiger partial charge in [0.25, 0.3) is 0 Å². The lowest BCUT2D eigenvalue weighted by Crippen LogP contribution is -2.14. The first-order chi connectivity index (χ1) is 8.54. The zero-order valence-corrected chi connectivity index (χ0v) is 12.0. The molecule has 0 aromatic heterocycles. The van der Waals surface area contributed by atoms with E-state index in [4.69, 9.17) is 16.3 Å². The molecule has 1 atom stereocenters. The van der Waals surface area contributed by atoms with Gasteiger partial charge >= 0.3 is 5.97 Å². The number of alkyl halides is 1. The van der Waals surface area contributed by atoms with Crippen LogP contribution in [-0.4, -0.2) is 18.5 Å². The Morgan fingerprint density at radius 3 is 2.67 bits per heavy atom. The van der Waals surface area contributed by atoms with Gasteiger partial charge in [0, 0.05) is 0 Å². The third kappa shape index (κ3) is 4.69. The summed E-state index contributed by atoms with van der Waals surface area (Å²) in [6.45, 7) is 6.51. The smallest absolute Gasteiger partial charge is 0.313 e. The number of ether oxygens (including phenoxy) is 1. The molecule has 18 heavy (non-hydrogen) atoms. The van der Waals surface area contributed by atoms with E-state index in [9.17, 15) is 4.79 Å². The van der Waals surface area contributed by atoms with Gasteiger partial charge in [-0.1, -0.05) is 38.1 Å². The maximum absolute atomic E-state index is 11.8. The molecule has 0 fully saturated rings. The Hall–Kier alpha value is -1.02. The van der Waals surface area contributed by atoms with Crippen LogP contribution in [0, 0.1) is 5.92 Å². The van der Waals surface area contributed by atoms with Crippen LogP contribution in [0.5, 0.6) is 0 Å². The number of hydrogen-bond acceptors (Lipinski definition) is 2. The second-order valence-corrected chi connectivity index (χ2v) is 5.30. The number of rotatable bonds is 6. The van der Waals surface area contributed by atoms with Crippen LogP contribution in [0.1, 0.15) is 37.8 Å². The first-order valence-electron chi connectivity index (χ1n) is 6.36. The third-order valence-corrected chi connectivity index (χ3v) is 2.92. The van der Waals surface area contributed by atoms with Crippen LogP contribution >= 0.6 is 11.6 Å². The molecule has 2 nitrogen and oxygen atoms in total. The summed E-state index contributed by atoms with van der Waals surface area (Å²) in [7, 11) is 0. The van der Waals surface area contributed by atoms with E-state index in [0.29, 0.717) is 11.8 Å². The van der Waals surface area contributed by atoms with E-state index in [1.165, 1.54) is 5.56 Å².